The topological polar surface area (TPSA) is 49.0 Å². The molecule has 3 heterocycles. The van der Waals surface area contributed by atoms with Crippen molar-refractivity contribution < 1.29 is 4.79 Å². The summed E-state index contributed by atoms with van der Waals surface area (Å²) in [5.74, 6) is 7.30. The molecule has 1 unspecified atom stereocenters. The van der Waals surface area contributed by atoms with Crippen LogP contribution in [0.1, 0.15) is 21.5 Å². The van der Waals surface area contributed by atoms with Crippen molar-refractivity contribution in [1.82, 2.24) is 9.97 Å². The maximum atomic E-state index is 13.2. The second-order valence-corrected chi connectivity index (χ2v) is 8.24. The third-order valence-electron chi connectivity index (χ3n) is 5.19. The quantitative estimate of drug-likeness (QED) is 0.296. The van der Waals surface area contributed by atoms with E-state index in [0.29, 0.717) is 6.54 Å². The summed E-state index contributed by atoms with van der Waals surface area (Å²) in [5.41, 5.74) is 4.64. The zero-order valence-corrected chi connectivity index (χ0v) is 17.0. The van der Waals surface area contributed by atoms with E-state index in [1.807, 2.05) is 73.1 Å². The first-order valence-electron chi connectivity index (χ1n) is 9.81. The molecule has 2 aromatic heterocycles. The Morgan fingerprint density at radius 2 is 1.93 bits per heavy atom. The normalized spacial score (nSPS) is 15.7. The number of pyridine rings is 1. The number of nitrogens with one attached hydrogen (secondary N) is 1. The fourth-order valence-electron chi connectivity index (χ4n) is 3.62. The monoisotopic (exact) mass is 409 g/mol. The van der Waals surface area contributed by atoms with E-state index in [1.54, 1.807) is 18.1 Å². The summed E-state index contributed by atoms with van der Waals surface area (Å²) in [5, 5.41) is 0.954. The van der Waals surface area contributed by atoms with Crippen LogP contribution in [0.25, 0.3) is 10.9 Å². The molecule has 1 fully saturated rings. The van der Waals surface area contributed by atoms with Gasteiger partial charge < -0.3 is 9.29 Å². The molecule has 2 aromatic carbocycles. The van der Waals surface area contributed by atoms with Crippen molar-refractivity contribution in [3.63, 3.8) is 0 Å². The molecule has 0 saturated carbocycles. The van der Waals surface area contributed by atoms with Gasteiger partial charge in [0.05, 0.1) is 17.8 Å². The molecule has 0 aliphatic carbocycles. The number of hydrogen-bond acceptors (Lipinski definition) is 4. The lowest BCUT2D eigenvalue weighted by atomic mass is 9.98. The third-order valence-corrected chi connectivity index (χ3v) is 6.42. The standard InChI is InChI=1S/C25H19N3OS/c29-25(20-16-28(30-17-20)21-7-4-12-26-14-21)23-15-27-24-13-19(10-11-22(23)24)9-8-18-5-2-1-3-6-18/h1-7,10-15,20,27H,16-17H2. The number of H-pyrrole nitrogens is 1. The molecule has 1 aliphatic rings. The Labute approximate surface area is 179 Å². The number of anilines is 1. The summed E-state index contributed by atoms with van der Waals surface area (Å²) in [4.78, 5) is 20.6. The number of rotatable bonds is 3. The van der Waals surface area contributed by atoms with Crippen molar-refractivity contribution in [1.29, 1.82) is 0 Å². The number of carbonyl (C=O) groups excluding carboxylic acids is 1. The second-order valence-electron chi connectivity index (χ2n) is 7.21. The molecule has 1 aliphatic heterocycles. The smallest absolute Gasteiger partial charge is 0.170 e. The van der Waals surface area contributed by atoms with Crippen LogP contribution in [-0.2, 0) is 0 Å². The first-order valence-corrected chi connectivity index (χ1v) is 10.7. The van der Waals surface area contributed by atoms with Crippen LogP contribution in [0.2, 0.25) is 0 Å². The number of Topliss-reactive ketones (excluding diaryl/α,β-unsaturated/α-hetero) is 1. The number of ketones is 1. The first-order chi connectivity index (χ1) is 14.8. The number of hydrogen-bond donors (Lipinski definition) is 1. The molecule has 146 valence electrons. The summed E-state index contributed by atoms with van der Waals surface area (Å²) in [6, 6.07) is 19.8. The number of nitrogens with zero attached hydrogens (tertiary/aromatic N) is 2. The highest BCUT2D eigenvalue weighted by molar-refractivity contribution is 8.00. The Morgan fingerprint density at radius 3 is 2.77 bits per heavy atom. The average Bonchev–Trinajstić information content (AvgIpc) is 3.46. The van der Waals surface area contributed by atoms with Crippen molar-refractivity contribution in [2.75, 3.05) is 16.6 Å². The average molecular weight is 410 g/mol. The van der Waals surface area contributed by atoms with Gasteiger partial charge in [0.1, 0.15) is 0 Å². The molecule has 1 N–H and O–H groups in total. The van der Waals surface area contributed by atoms with Gasteiger partial charge in [-0.1, -0.05) is 36.1 Å². The van der Waals surface area contributed by atoms with Crippen LogP contribution in [0.3, 0.4) is 0 Å². The van der Waals surface area contributed by atoms with Gasteiger partial charge in [0.25, 0.3) is 0 Å². The van der Waals surface area contributed by atoms with E-state index in [4.69, 9.17) is 0 Å². The molecule has 5 rings (SSSR count). The van der Waals surface area contributed by atoms with E-state index in [9.17, 15) is 4.79 Å². The van der Waals surface area contributed by atoms with Gasteiger partial charge in [-0.2, -0.15) is 0 Å². The molecule has 4 nitrogen and oxygen atoms in total. The van der Waals surface area contributed by atoms with Crippen LogP contribution in [0.4, 0.5) is 5.69 Å². The summed E-state index contributed by atoms with van der Waals surface area (Å²) in [7, 11) is 0. The Bertz CT molecular complexity index is 1260. The molecule has 5 heteroatoms. The van der Waals surface area contributed by atoms with Crippen molar-refractivity contribution >= 4 is 34.3 Å². The SMILES string of the molecule is O=C(c1c[nH]c2cc(C#Cc3ccccc3)ccc12)C1CSN(c2cccnc2)C1. The fourth-order valence-corrected chi connectivity index (χ4v) is 4.78. The fraction of sp³-hybridized carbons (Fsp3) is 0.120. The lowest BCUT2D eigenvalue weighted by Crippen LogP contribution is -2.21. The van der Waals surface area contributed by atoms with Gasteiger partial charge in [-0.3, -0.25) is 9.78 Å². The third kappa shape index (κ3) is 3.70. The van der Waals surface area contributed by atoms with Gasteiger partial charge in [0, 0.05) is 52.3 Å². The van der Waals surface area contributed by atoms with Gasteiger partial charge in [0.15, 0.2) is 5.78 Å². The largest absolute Gasteiger partial charge is 0.360 e. The molecule has 0 spiro atoms. The minimum Gasteiger partial charge on any atom is -0.360 e. The van der Waals surface area contributed by atoms with Gasteiger partial charge in [-0.05, 0) is 48.3 Å². The van der Waals surface area contributed by atoms with Gasteiger partial charge >= 0.3 is 0 Å². The number of benzene rings is 2. The van der Waals surface area contributed by atoms with Crippen molar-refractivity contribution in [3.05, 3.63) is 95.9 Å². The van der Waals surface area contributed by atoms with Crippen LogP contribution < -0.4 is 4.31 Å². The summed E-state index contributed by atoms with van der Waals surface area (Å²) >= 11 is 1.69. The molecule has 1 atom stereocenters. The van der Waals surface area contributed by atoms with E-state index >= 15 is 0 Å². The molecule has 1 saturated heterocycles. The summed E-state index contributed by atoms with van der Waals surface area (Å²) in [6.07, 6.45) is 5.43. The van der Waals surface area contributed by atoms with E-state index < -0.39 is 0 Å². The highest BCUT2D eigenvalue weighted by Gasteiger charge is 2.31. The van der Waals surface area contributed by atoms with Crippen LogP contribution in [-0.4, -0.2) is 28.0 Å². The van der Waals surface area contributed by atoms with E-state index in [2.05, 4.69) is 26.1 Å². The van der Waals surface area contributed by atoms with Crippen molar-refractivity contribution in [2.45, 2.75) is 0 Å². The van der Waals surface area contributed by atoms with Gasteiger partial charge in [-0.25, -0.2) is 0 Å². The van der Waals surface area contributed by atoms with Crippen LogP contribution in [0.5, 0.6) is 0 Å². The van der Waals surface area contributed by atoms with E-state index in [0.717, 1.165) is 39.0 Å². The molecule has 0 radical (unpaired) electrons. The minimum absolute atomic E-state index is 0.0354. The maximum Gasteiger partial charge on any atom is 0.170 e. The van der Waals surface area contributed by atoms with Gasteiger partial charge in [-0.15, -0.1) is 0 Å². The molecule has 30 heavy (non-hydrogen) atoms. The minimum atomic E-state index is -0.0354. The Kier molecular flexibility index (Phi) is 5.00. The summed E-state index contributed by atoms with van der Waals surface area (Å²) in [6.45, 7) is 0.697. The predicted molar refractivity (Wildman–Crippen MR) is 123 cm³/mol. The lowest BCUT2D eigenvalue weighted by Gasteiger charge is -2.15. The Morgan fingerprint density at radius 1 is 1.07 bits per heavy atom. The van der Waals surface area contributed by atoms with Crippen LogP contribution in [0.15, 0.2) is 79.3 Å². The van der Waals surface area contributed by atoms with Crippen molar-refractivity contribution in [3.8, 4) is 11.8 Å². The predicted octanol–water partition coefficient (Wildman–Crippen LogP) is 4.93. The molecule has 0 amide bonds. The van der Waals surface area contributed by atoms with E-state index in [1.165, 1.54) is 0 Å². The number of fused-ring (bicyclic) bond motifs is 1. The lowest BCUT2D eigenvalue weighted by molar-refractivity contribution is 0.0942. The Balaban J connectivity index is 1.35. The zero-order chi connectivity index (χ0) is 20.3. The zero-order valence-electron chi connectivity index (χ0n) is 16.2. The molecular weight excluding hydrogens is 390 g/mol. The van der Waals surface area contributed by atoms with E-state index in [-0.39, 0.29) is 11.7 Å². The molecular formula is C25H19N3OS. The summed E-state index contributed by atoms with van der Waals surface area (Å²) < 4.78 is 2.15. The number of aromatic amines is 1. The molecule has 0 bridgehead atoms. The number of aromatic nitrogens is 2. The maximum absolute atomic E-state index is 13.2. The van der Waals surface area contributed by atoms with Gasteiger partial charge in [0.2, 0.25) is 0 Å². The first kappa shape index (κ1) is 18.5. The highest BCUT2D eigenvalue weighted by atomic mass is 32.2. The van der Waals surface area contributed by atoms with Crippen molar-refractivity contribution in [2.24, 2.45) is 5.92 Å². The second kappa shape index (κ2) is 8.10. The Hall–Kier alpha value is -3.49. The van der Waals surface area contributed by atoms with Crippen LogP contribution >= 0.6 is 11.9 Å². The number of carbonyl (C=O) groups is 1. The van der Waals surface area contributed by atoms with Crippen LogP contribution in [0, 0.1) is 17.8 Å². The molecule has 4 aromatic rings. The highest BCUT2D eigenvalue weighted by Crippen LogP contribution is 2.33.